The highest BCUT2D eigenvalue weighted by atomic mass is 35.5. The minimum Gasteiger partial charge on any atom is -0.490 e. The van der Waals surface area contributed by atoms with Crippen LogP contribution in [0.1, 0.15) is 11.1 Å². The monoisotopic (exact) mass is 493 g/mol. The second-order valence-corrected chi connectivity index (χ2v) is 8.07. The summed E-state index contributed by atoms with van der Waals surface area (Å²) in [6.45, 7) is 0.0623. The van der Waals surface area contributed by atoms with Gasteiger partial charge in [-0.3, -0.25) is 15.1 Å². The Morgan fingerprint density at radius 1 is 1.15 bits per heavy atom. The lowest BCUT2D eigenvalue weighted by Gasteiger charge is -2.22. The first-order valence-electron chi connectivity index (χ1n) is 9.51. The van der Waals surface area contributed by atoms with Crippen LogP contribution in [0.5, 0.6) is 11.5 Å². The molecule has 0 unspecified atom stereocenters. The van der Waals surface area contributed by atoms with Crippen molar-refractivity contribution in [2.75, 3.05) is 13.2 Å². The van der Waals surface area contributed by atoms with Gasteiger partial charge in [-0.05, 0) is 47.4 Å². The van der Waals surface area contributed by atoms with Gasteiger partial charge in [-0.2, -0.15) is 18.2 Å². The molecule has 2 aromatic rings. The third-order valence-corrected chi connectivity index (χ3v) is 5.60. The molecule has 6 nitrogen and oxygen atoms in total. The highest BCUT2D eigenvalue weighted by Gasteiger charge is 2.31. The smallest absolute Gasteiger partial charge is 0.416 e. The van der Waals surface area contributed by atoms with Crippen LogP contribution < -0.4 is 9.47 Å². The molecule has 0 radical (unpaired) electrons. The van der Waals surface area contributed by atoms with Crippen LogP contribution in [0.25, 0.3) is 6.08 Å². The zero-order valence-electron chi connectivity index (χ0n) is 16.7. The summed E-state index contributed by atoms with van der Waals surface area (Å²) in [4.78, 5) is 17.8. The summed E-state index contributed by atoms with van der Waals surface area (Å²) < 4.78 is 49.2. The maximum absolute atomic E-state index is 12.8. The highest BCUT2D eigenvalue weighted by molar-refractivity contribution is 8.16. The number of rotatable bonds is 6. The Bertz CT molecular complexity index is 1210. The molecule has 0 fully saturated rings. The Balaban J connectivity index is 1.37. The third kappa shape index (κ3) is 5.23. The van der Waals surface area contributed by atoms with E-state index in [1.54, 1.807) is 29.8 Å². The number of thioether (sulfide) groups is 1. The number of hydrogen-bond acceptors (Lipinski definition) is 5. The van der Waals surface area contributed by atoms with Gasteiger partial charge in [-0.15, -0.1) is 0 Å². The first-order valence-corrected chi connectivity index (χ1v) is 10.8. The van der Waals surface area contributed by atoms with E-state index >= 15 is 0 Å². The number of halogens is 4. The fourth-order valence-electron chi connectivity index (χ4n) is 3.00. The van der Waals surface area contributed by atoms with E-state index in [9.17, 15) is 18.0 Å². The third-order valence-electron chi connectivity index (χ3n) is 4.55. The van der Waals surface area contributed by atoms with Gasteiger partial charge in [0.25, 0.3) is 5.91 Å². The average Bonchev–Trinajstić information content (AvgIpc) is 3.23. The van der Waals surface area contributed by atoms with Crippen LogP contribution in [-0.4, -0.2) is 35.0 Å². The van der Waals surface area contributed by atoms with Crippen molar-refractivity contribution in [1.82, 2.24) is 4.90 Å². The Kier molecular flexibility index (Phi) is 6.48. The second kappa shape index (κ2) is 9.32. The van der Waals surface area contributed by atoms with Crippen LogP contribution in [0.15, 0.2) is 64.6 Å². The van der Waals surface area contributed by atoms with Gasteiger partial charge in [0, 0.05) is 6.20 Å². The van der Waals surface area contributed by atoms with Crippen LogP contribution in [0, 0.1) is 5.41 Å². The van der Waals surface area contributed by atoms with Crippen molar-refractivity contribution in [2.45, 2.75) is 6.18 Å². The molecule has 0 spiro atoms. The SMILES string of the molecule is N=C1/C(=C/c2ccc(OCCOc3cccc(C(F)(F)F)c3)c(Cl)c2)C(=O)N=C2SC=CN12. The predicted octanol–water partition coefficient (Wildman–Crippen LogP) is 5.59. The van der Waals surface area contributed by atoms with Crippen LogP contribution in [-0.2, 0) is 11.0 Å². The normalized spacial score (nSPS) is 16.8. The molecule has 33 heavy (non-hydrogen) atoms. The standard InChI is InChI=1S/C22H15ClF3N3O3S/c23-17-11-13(10-16-19(27)29-6-9-33-21(29)28-20(16)30)4-5-18(17)32-8-7-31-15-3-1-2-14(12-15)22(24,25)26/h1-6,9-12,27H,7-8H2/b16-10-,27-19?. The molecule has 0 atom stereocenters. The number of nitrogens with one attached hydrogen (secondary N) is 1. The Hall–Kier alpha value is -3.24. The Morgan fingerprint density at radius 2 is 1.94 bits per heavy atom. The first kappa shape index (κ1) is 22.9. The maximum Gasteiger partial charge on any atom is 0.416 e. The molecule has 4 rings (SSSR count). The topological polar surface area (TPSA) is 75.0 Å². The zero-order valence-corrected chi connectivity index (χ0v) is 18.3. The molecule has 2 heterocycles. The molecular formula is C22H15ClF3N3O3S. The molecule has 2 aliphatic heterocycles. The van der Waals surface area contributed by atoms with E-state index in [4.69, 9.17) is 26.5 Å². The van der Waals surface area contributed by atoms with E-state index in [1.807, 2.05) is 0 Å². The molecule has 1 N–H and O–H groups in total. The molecular weight excluding hydrogens is 479 g/mol. The van der Waals surface area contributed by atoms with E-state index in [0.717, 1.165) is 12.1 Å². The number of ether oxygens (including phenoxy) is 2. The zero-order chi connectivity index (χ0) is 23.6. The molecule has 0 aliphatic carbocycles. The fraction of sp³-hybridized carbons (Fsp3) is 0.136. The minimum absolute atomic E-state index is 0.0107. The van der Waals surface area contributed by atoms with Gasteiger partial charge in [0.05, 0.1) is 16.2 Å². The van der Waals surface area contributed by atoms with Crippen molar-refractivity contribution in [2.24, 2.45) is 4.99 Å². The van der Waals surface area contributed by atoms with Crippen LogP contribution in [0.2, 0.25) is 5.02 Å². The molecule has 0 saturated heterocycles. The number of carbonyl (C=O) groups excluding carboxylic acids is 1. The Morgan fingerprint density at radius 3 is 2.70 bits per heavy atom. The van der Waals surface area contributed by atoms with Crippen LogP contribution >= 0.6 is 23.4 Å². The van der Waals surface area contributed by atoms with Crippen molar-refractivity contribution >= 4 is 46.3 Å². The van der Waals surface area contributed by atoms with E-state index in [2.05, 4.69) is 4.99 Å². The van der Waals surface area contributed by atoms with Gasteiger partial charge in [0.15, 0.2) is 5.17 Å². The van der Waals surface area contributed by atoms with E-state index < -0.39 is 17.6 Å². The largest absolute Gasteiger partial charge is 0.490 e. The summed E-state index contributed by atoms with van der Waals surface area (Å²) >= 11 is 7.53. The van der Waals surface area contributed by atoms with Crippen molar-refractivity contribution in [3.63, 3.8) is 0 Å². The molecule has 1 amide bonds. The van der Waals surface area contributed by atoms with Gasteiger partial charge < -0.3 is 9.47 Å². The van der Waals surface area contributed by atoms with Crippen molar-refractivity contribution in [1.29, 1.82) is 5.41 Å². The van der Waals surface area contributed by atoms with Gasteiger partial charge in [-0.1, -0.05) is 35.5 Å². The van der Waals surface area contributed by atoms with Gasteiger partial charge >= 0.3 is 6.18 Å². The highest BCUT2D eigenvalue weighted by Crippen LogP contribution is 2.32. The number of hydrogen-bond donors (Lipinski definition) is 1. The van der Waals surface area contributed by atoms with Gasteiger partial charge in [0.2, 0.25) is 0 Å². The number of amides is 1. The summed E-state index contributed by atoms with van der Waals surface area (Å²) in [6, 6.07) is 9.42. The van der Waals surface area contributed by atoms with Gasteiger partial charge in [-0.25, -0.2) is 0 Å². The lowest BCUT2D eigenvalue weighted by Crippen LogP contribution is -2.35. The van der Waals surface area contributed by atoms with E-state index in [-0.39, 0.29) is 35.4 Å². The average molecular weight is 494 g/mol. The second-order valence-electron chi connectivity index (χ2n) is 6.79. The van der Waals surface area contributed by atoms with Crippen LogP contribution in [0.3, 0.4) is 0 Å². The molecule has 0 bridgehead atoms. The summed E-state index contributed by atoms with van der Waals surface area (Å²) in [5.41, 5.74) is -0.0834. The molecule has 0 aromatic heterocycles. The minimum atomic E-state index is -4.44. The molecule has 0 saturated carbocycles. The summed E-state index contributed by atoms with van der Waals surface area (Å²) in [5.74, 6) is -0.0612. The number of amidine groups is 2. The number of nitrogens with zero attached hydrogens (tertiary/aromatic N) is 2. The molecule has 2 aromatic carbocycles. The number of carbonyl (C=O) groups is 1. The molecule has 170 valence electrons. The number of alkyl halides is 3. The predicted molar refractivity (Wildman–Crippen MR) is 121 cm³/mol. The number of fused-ring (bicyclic) bond motifs is 1. The Labute approximate surface area is 195 Å². The van der Waals surface area contributed by atoms with Crippen LogP contribution in [0.4, 0.5) is 13.2 Å². The van der Waals surface area contributed by atoms with Gasteiger partial charge in [0.1, 0.15) is 30.5 Å². The van der Waals surface area contributed by atoms with E-state index in [1.165, 1.54) is 34.9 Å². The summed E-state index contributed by atoms with van der Waals surface area (Å²) in [5, 5.41) is 10.7. The van der Waals surface area contributed by atoms with E-state index in [0.29, 0.717) is 16.5 Å². The quantitative estimate of drug-likeness (QED) is 0.419. The fourth-order valence-corrected chi connectivity index (χ4v) is 3.94. The lowest BCUT2D eigenvalue weighted by molar-refractivity contribution is -0.137. The maximum atomic E-state index is 12.8. The lowest BCUT2D eigenvalue weighted by atomic mass is 10.1. The molecule has 11 heteroatoms. The van der Waals surface area contributed by atoms with Crippen molar-refractivity contribution in [3.05, 3.63) is 75.8 Å². The summed E-state index contributed by atoms with van der Waals surface area (Å²) in [7, 11) is 0. The summed E-state index contributed by atoms with van der Waals surface area (Å²) in [6.07, 6.45) is -1.26. The van der Waals surface area contributed by atoms with Crippen molar-refractivity contribution < 1.29 is 27.4 Å². The number of aliphatic imine (C=N–C) groups is 1. The van der Waals surface area contributed by atoms with Crippen molar-refractivity contribution in [3.8, 4) is 11.5 Å². The first-order chi connectivity index (χ1) is 15.7. The number of benzene rings is 2. The molecule has 2 aliphatic rings.